The predicted octanol–water partition coefficient (Wildman–Crippen LogP) is 12.7. The molecule has 0 amide bonds. The first-order chi connectivity index (χ1) is 21.4. The highest BCUT2D eigenvalue weighted by molar-refractivity contribution is 5.82. The van der Waals surface area contributed by atoms with E-state index in [-0.39, 0.29) is 0 Å². The van der Waals surface area contributed by atoms with Crippen LogP contribution in [0, 0.1) is 6.92 Å². The van der Waals surface area contributed by atoms with Crippen LogP contribution in [0.2, 0.25) is 0 Å². The van der Waals surface area contributed by atoms with Crippen molar-refractivity contribution in [3.8, 4) is 11.1 Å². The summed E-state index contributed by atoms with van der Waals surface area (Å²) in [5.74, 6) is 0.430. The van der Waals surface area contributed by atoms with Gasteiger partial charge in [-0.1, -0.05) is 115 Å². The van der Waals surface area contributed by atoms with Gasteiger partial charge in [0.25, 0.3) is 0 Å². The van der Waals surface area contributed by atoms with E-state index in [0.717, 1.165) is 34.6 Å². The van der Waals surface area contributed by atoms with Crippen molar-refractivity contribution in [1.29, 1.82) is 0 Å². The zero-order valence-electron chi connectivity index (χ0n) is 26.7. The molecule has 5 rings (SSSR count). The van der Waals surface area contributed by atoms with Crippen molar-refractivity contribution < 1.29 is 0 Å². The second-order valence-electron chi connectivity index (χ2n) is 11.5. The Morgan fingerprint density at radius 1 is 0.795 bits per heavy atom. The molecule has 4 aromatic rings. The number of benzene rings is 4. The van der Waals surface area contributed by atoms with E-state index in [1.807, 2.05) is 19.1 Å². The minimum Gasteiger partial charge on any atom is -0.310 e. The Hall–Kier alpha value is -4.88. The van der Waals surface area contributed by atoms with E-state index in [4.69, 9.17) is 0 Å². The van der Waals surface area contributed by atoms with Crippen molar-refractivity contribution in [1.82, 2.24) is 0 Å². The summed E-state index contributed by atoms with van der Waals surface area (Å²) in [6, 6.07) is 33.5. The molecule has 0 aliphatic heterocycles. The van der Waals surface area contributed by atoms with Crippen LogP contribution in [0.4, 0.5) is 17.1 Å². The summed E-state index contributed by atoms with van der Waals surface area (Å²) >= 11 is 0. The summed E-state index contributed by atoms with van der Waals surface area (Å²) in [7, 11) is 0. The molecule has 0 fully saturated rings. The third kappa shape index (κ3) is 6.68. The van der Waals surface area contributed by atoms with Crippen LogP contribution in [0.5, 0.6) is 0 Å². The molecule has 0 bridgehead atoms. The Morgan fingerprint density at radius 2 is 1.48 bits per heavy atom. The normalized spacial score (nSPS) is 15.4. The number of aryl methyl sites for hydroxylation is 1. The molecule has 0 radical (unpaired) electrons. The summed E-state index contributed by atoms with van der Waals surface area (Å²) in [4.78, 5) is 2.35. The molecule has 220 valence electrons. The van der Waals surface area contributed by atoms with Crippen LogP contribution in [0.25, 0.3) is 22.3 Å². The molecule has 0 spiro atoms. The maximum atomic E-state index is 4.03. The minimum absolute atomic E-state index is 0.430. The summed E-state index contributed by atoms with van der Waals surface area (Å²) in [5, 5.41) is 0. The highest BCUT2D eigenvalue weighted by atomic mass is 15.1. The summed E-state index contributed by atoms with van der Waals surface area (Å²) < 4.78 is 0. The summed E-state index contributed by atoms with van der Waals surface area (Å²) in [6.45, 7) is 14.8. The lowest BCUT2D eigenvalue weighted by atomic mass is 9.83. The molecular formula is C43H43N. The number of anilines is 3. The van der Waals surface area contributed by atoms with E-state index >= 15 is 0 Å². The molecule has 1 atom stereocenters. The number of rotatable bonds is 9. The SMILES string of the molecule is C=C/C(=C\C=C/C)c1ccc(N(c2ccc(/C(C)=C/C)cc2)c2cccc(-c3ccc(C)c(C4CC=CC=C4C)c3)c2)cc1. The average Bonchev–Trinajstić information content (AvgIpc) is 3.06. The Kier molecular flexibility index (Phi) is 9.77. The topological polar surface area (TPSA) is 3.24 Å². The van der Waals surface area contributed by atoms with Crippen molar-refractivity contribution in [3.63, 3.8) is 0 Å². The number of hydrogen-bond acceptors (Lipinski definition) is 1. The number of allylic oxidation sites excluding steroid dienone is 11. The fourth-order valence-corrected chi connectivity index (χ4v) is 5.90. The van der Waals surface area contributed by atoms with Gasteiger partial charge in [0.05, 0.1) is 0 Å². The lowest BCUT2D eigenvalue weighted by molar-refractivity contribution is 0.791. The smallest absolute Gasteiger partial charge is 0.0467 e. The van der Waals surface area contributed by atoms with Gasteiger partial charge in [-0.15, -0.1) is 0 Å². The van der Waals surface area contributed by atoms with Crippen molar-refractivity contribution in [3.05, 3.63) is 174 Å². The molecule has 1 nitrogen and oxygen atoms in total. The van der Waals surface area contributed by atoms with Crippen LogP contribution in [-0.4, -0.2) is 0 Å². The number of nitrogens with zero attached hydrogens (tertiary/aromatic N) is 1. The zero-order chi connectivity index (χ0) is 31.1. The Bertz CT molecular complexity index is 1770. The maximum absolute atomic E-state index is 4.03. The first-order valence-electron chi connectivity index (χ1n) is 15.6. The van der Waals surface area contributed by atoms with Crippen LogP contribution >= 0.6 is 0 Å². The van der Waals surface area contributed by atoms with Gasteiger partial charge in [0.15, 0.2) is 0 Å². The van der Waals surface area contributed by atoms with Crippen molar-refractivity contribution >= 4 is 28.2 Å². The second-order valence-corrected chi connectivity index (χ2v) is 11.5. The van der Waals surface area contributed by atoms with E-state index in [2.05, 4.69) is 167 Å². The average molecular weight is 574 g/mol. The fraction of sp³-hybridized carbons (Fsp3) is 0.163. The highest BCUT2D eigenvalue weighted by Crippen LogP contribution is 2.39. The van der Waals surface area contributed by atoms with E-state index in [1.165, 1.54) is 39.0 Å². The molecule has 0 saturated heterocycles. The molecular weight excluding hydrogens is 530 g/mol. The van der Waals surface area contributed by atoms with E-state index in [1.54, 1.807) is 0 Å². The molecule has 1 aliphatic carbocycles. The van der Waals surface area contributed by atoms with Gasteiger partial charge in [-0.05, 0) is 122 Å². The van der Waals surface area contributed by atoms with Gasteiger partial charge in [-0.2, -0.15) is 0 Å². The van der Waals surface area contributed by atoms with Gasteiger partial charge in [0.1, 0.15) is 0 Å². The number of hydrogen-bond donors (Lipinski definition) is 0. The molecule has 4 aromatic carbocycles. The standard InChI is InChI=1S/C43H43N/c1-7-10-15-34(9-3)36-23-27-40(28-24-36)44(39-25-21-35(22-26-39)31(4)8-2)41-17-13-16-37(29-41)38-20-19-33(6)43(30-38)42-18-12-11-14-32(42)5/h7-17,19-30,42H,3,18H2,1-2,4-6H3/b10-7-,31-8+,34-15+. The molecule has 1 unspecified atom stereocenters. The van der Waals surface area contributed by atoms with Gasteiger partial charge in [-0.3, -0.25) is 0 Å². The fourth-order valence-electron chi connectivity index (χ4n) is 5.90. The van der Waals surface area contributed by atoms with Crippen LogP contribution in [0.15, 0.2) is 152 Å². The highest BCUT2D eigenvalue weighted by Gasteiger charge is 2.18. The first kappa shape index (κ1) is 30.6. The Morgan fingerprint density at radius 3 is 2.11 bits per heavy atom. The molecule has 0 N–H and O–H groups in total. The van der Waals surface area contributed by atoms with E-state index in [0.29, 0.717) is 5.92 Å². The maximum Gasteiger partial charge on any atom is 0.0467 e. The largest absolute Gasteiger partial charge is 0.310 e. The van der Waals surface area contributed by atoms with Gasteiger partial charge >= 0.3 is 0 Å². The lowest BCUT2D eigenvalue weighted by Gasteiger charge is -2.27. The van der Waals surface area contributed by atoms with Crippen molar-refractivity contribution in [2.75, 3.05) is 4.90 Å². The lowest BCUT2D eigenvalue weighted by Crippen LogP contribution is -2.10. The molecule has 44 heavy (non-hydrogen) atoms. The third-order valence-corrected chi connectivity index (χ3v) is 8.67. The van der Waals surface area contributed by atoms with Gasteiger partial charge < -0.3 is 4.90 Å². The second kappa shape index (κ2) is 14.1. The van der Waals surface area contributed by atoms with Crippen LogP contribution in [0.1, 0.15) is 62.3 Å². The van der Waals surface area contributed by atoms with Gasteiger partial charge in [-0.25, -0.2) is 0 Å². The molecule has 1 heteroatoms. The van der Waals surface area contributed by atoms with Crippen molar-refractivity contribution in [2.24, 2.45) is 0 Å². The monoisotopic (exact) mass is 573 g/mol. The zero-order valence-corrected chi connectivity index (χ0v) is 26.7. The van der Waals surface area contributed by atoms with E-state index < -0.39 is 0 Å². The molecule has 0 aromatic heterocycles. The van der Waals surface area contributed by atoms with Crippen LogP contribution in [0.3, 0.4) is 0 Å². The van der Waals surface area contributed by atoms with Gasteiger partial charge in [0.2, 0.25) is 0 Å². The van der Waals surface area contributed by atoms with Crippen molar-refractivity contribution in [2.45, 2.75) is 47.0 Å². The molecule has 1 aliphatic rings. The molecule has 0 saturated carbocycles. The summed E-state index contributed by atoms with van der Waals surface area (Å²) in [5.41, 5.74) is 14.7. The first-order valence-corrected chi connectivity index (χ1v) is 15.6. The summed E-state index contributed by atoms with van der Waals surface area (Å²) in [6.07, 6.45) is 18.0. The van der Waals surface area contributed by atoms with Crippen LogP contribution in [-0.2, 0) is 0 Å². The third-order valence-electron chi connectivity index (χ3n) is 8.67. The predicted molar refractivity (Wildman–Crippen MR) is 194 cm³/mol. The minimum atomic E-state index is 0.430. The molecule has 0 heterocycles. The van der Waals surface area contributed by atoms with E-state index in [9.17, 15) is 0 Å². The Labute approximate surface area is 264 Å². The van der Waals surface area contributed by atoms with Gasteiger partial charge in [0, 0.05) is 23.0 Å². The quantitative estimate of drug-likeness (QED) is 0.180. The Balaban J connectivity index is 1.58. The van der Waals surface area contributed by atoms with Crippen LogP contribution < -0.4 is 4.90 Å².